The third-order valence-electron chi connectivity index (χ3n) is 4.21. The van der Waals surface area contributed by atoms with E-state index in [4.69, 9.17) is 0 Å². The summed E-state index contributed by atoms with van der Waals surface area (Å²) in [5.74, 6) is 0.307. The maximum atomic E-state index is 12.6. The molecule has 0 aliphatic rings. The molecule has 0 aromatic heterocycles. The molecule has 30 heavy (non-hydrogen) atoms. The van der Waals surface area contributed by atoms with Crippen LogP contribution in [0, 0.1) is 0 Å². The first kappa shape index (κ1) is 25.7. The van der Waals surface area contributed by atoms with E-state index >= 15 is 0 Å². The minimum atomic E-state index is -4.33. The number of alkyl halides is 3. The first-order chi connectivity index (χ1) is 13.9. The second-order valence-electron chi connectivity index (χ2n) is 6.38. The molecule has 0 spiro atoms. The van der Waals surface area contributed by atoms with Crippen molar-refractivity contribution in [2.75, 3.05) is 26.7 Å². The van der Waals surface area contributed by atoms with Crippen LogP contribution in [0.2, 0.25) is 0 Å². The highest BCUT2D eigenvalue weighted by Gasteiger charge is 2.29. The number of halogens is 4. The van der Waals surface area contributed by atoms with Gasteiger partial charge in [0.15, 0.2) is 5.96 Å². The number of guanidine groups is 1. The van der Waals surface area contributed by atoms with Crippen LogP contribution in [-0.2, 0) is 23.8 Å². The second-order valence-corrected chi connectivity index (χ2v) is 6.38. The summed E-state index contributed by atoms with van der Waals surface area (Å²) in [4.78, 5) is 15.9. The number of hydrogen-bond acceptors (Lipinski definition) is 2. The molecular formula is C21H26F3IN4O. The molecule has 0 atom stereocenters. The first-order valence-corrected chi connectivity index (χ1v) is 9.30. The maximum Gasteiger partial charge on any atom is 0.416 e. The van der Waals surface area contributed by atoms with E-state index in [2.05, 4.69) is 20.9 Å². The predicted molar refractivity (Wildman–Crippen MR) is 123 cm³/mol. The molecule has 0 heterocycles. The molecule has 0 fully saturated rings. The van der Waals surface area contributed by atoms with Gasteiger partial charge >= 0.3 is 6.18 Å². The molecular weight excluding hydrogens is 508 g/mol. The Morgan fingerprint density at radius 2 is 1.43 bits per heavy atom. The summed E-state index contributed by atoms with van der Waals surface area (Å²) < 4.78 is 37.7. The summed E-state index contributed by atoms with van der Waals surface area (Å²) in [6.45, 7) is 1.10. The molecule has 0 saturated carbocycles. The van der Waals surface area contributed by atoms with Crippen LogP contribution in [0.15, 0.2) is 59.6 Å². The highest BCUT2D eigenvalue weighted by atomic mass is 127. The zero-order valence-electron chi connectivity index (χ0n) is 16.6. The molecule has 164 valence electrons. The minimum Gasteiger partial charge on any atom is -0.356 e. The predicted octanol–water partition coefficient (Wildman–Crippen LogP) is 3.39. The van der Waals surface area contributed by atoms with Gasteiger partial charge in [-0.2, -0.15) is 13.2 Å². The fraction of sp³-hybridized carbons (Fsp3) is 0.333. The van der Waals surface area contributed by atoms with Crippen LogP contribution < -0.4 is 16.0 Å². The van der Waals surface area contributed by atoms with Gasteiger partial charge in [0.1, 0.15) is 0 Å². The molecule has 5 nitrogen and oxygen atoms in total. The van der Waals surface area contributed by atoms with Crippen LogP contribution >= 0.6 is 24.0 Å². The number of carbonyl (C=O) groups is 1. The van der Waals surface area contributed by atoms with E-state index in [1.54, 1.807) is 7.05 Å². The summed E-state index contributed by atoms with van der Waals surface area (Å²) in [6, 6.07) is 14.9. The Balaban J connectivity index is 0.00000450. The zero-order valence-corrected chi connectivity index (χ0v) is 19.0. The molecule has 0 unspecified atom stereocenters. The summed E-state index contributed by atoms with van der Waals surface area (Å²) >= 11 is 0. The minimum absolute atomic E-state index is 0. The largest absolute Gasteiger partial charge is 0.416 e. The van der Waals surface area contributed by atoms with Gasteiger partial charge in [0.05, 0.1) is 12.1 Å². The average molecular weight is 534 g/mol. The molecule has 0 saturated heterocycles. The lowest BCUT2D eigenvalue weighted by molar-refractivity contribution is -0.137. The van der Waals surface area contributed by atoms with Gasteiger partial charge in [-0.1, -0.05) is 42.5 Å². The van der Waals surface area contributed by atoms with Gasteiger partial charge in [0.2, 0.25) is 5.91 Å². The number of nitrogens with zero attached hydrogens (tertiary/aromatic N) is 1. The molecule has 0 aliphatic carbocycles. The van der Waals surface area contributed by atoms with Gasteiger partial charge in [-0.25, -0.2) is 0 Å². The fourth-order valence-electron chi connectivity index (χ4n) is 2.62. The van der Waals surface area contributed by atoms with Crippen molar-refractivity contribution in [2.24, 2.45) is 4.99 Å². The van der Waals surface area contributed by atoms with Crippen molar-refractivity contribution in [2.45, 2.75) is 19.0 Å². The SMILES string of the molecule is CN=C(NCCc1ccc(C(F)(F)F)cc1)NCC(=O)NCCc1ccccc1.I. The van der Waals surface area contributed by atoms with E-state index in [0.717, 1.165) is 29.7 Å². The average Bonchev–Trinajstić information content (AvgIpc) is 2.71. The summed E-state index contributed by atoms with van der Waals surface area (Å²) in [5, 5.41) is 8.78. The Labute approximate surface area is 191 Å². The molecule has 1 amide bonds. The fourth-order valence-corrected chi connectivity index (χ4v) is 2.62. The Kier molecular flexibility index (Phi) is 11.2. The third kappa shape index (κ3) is 9.47. The molecule has 3 N–H and O–H groups in total. The van der Waals surface area contributed by atoms with Gasteiger partial charge in [0, 0.05) is 20.1 Å². The van der Waals surface area contributed by atoms with E-state index in [1.165, 1.54) is 12.1 Å². The monoisotopic (exact) mass is 534 g/mol. The Morgan fingerprint density at radius 3 is 2.00 bits per heavy atom. The van der Waals surface area contributed by atoms with Crippen LogP contribution in [0.4, 0.5) is 13.2 Å². The number of aliphatic imine (C=N–C) groups is 1. The lowest BCUT2D eigenvalue weighted by atomic mass is 10.1. The van der Waals surface area contributed by atoms with Crippen molar-refractivity contribution >= 4 is 35.8 Å². The molecule has 2 aromatic rings. The maximum absolute atomic E-state index is 12.6. The van der Waals surface area contributed by atoms with E-state index in [0.29, 0.717) is 25.5 Å². The lowest BCUT2D eigenvalue weighted by Gasteiger charge is -2.12. The van der Waals surface area contributed by atoms with Crippen LogP contribution in [0.1, 0.15) is 16.7 Å². The molecule has 2 rings (SSSR count). The molecule has 0 radical (unpaired) electrons. The quantitative estimate of drug-likeness (QED) is 0.277. The Bertz CT molecular complexity index is 796. The van der Waals surface area contributed by atoms with Crippen molar-refractivity contribution in [1.29, 1.82) is 0 Å². The second kappa shape index (κ2) is 13.1. The highest BCUT2D eigenvalue weighted by molar-refractivity contribution is 14.0. The summed E-state index contributed by atoms with van der Waals surface area (Å²) in [6.07, 6.45) is -3.04. The molecule has 0 aliphatic heterocycles. The number of amides is 1. The van der Waals surface area contributed by atoms with E-state index < -0.39 is 11.7 Å². The van der Waals surface area contributed by atoms with E-state index in [-0.39, 0.29) is 36.4 Å². The number of nitrogens with one attached hydrogen (secondary N) is 3. The zero-order chi connectivity index (χ0) is 21.1. The van der Waals surface area contributed by atoms with Crippen LogP contribution in [-0.4, -0.2) is 38.5 Å². The van der Waals surface area contributed by atoms with Gasteiger partial charge in [-0.15, -0.1) is 24.0 Å². The van der Waals surface area contributed by atoms with Crippen LogP contribution in [0.25, 0.3) is 0 Å². The van der Waals surface area contributed by atoms with Gasteiger partial charge in [-0.3, -0.25) is 9.79 Å². The van der Waals surface area contributed by atoms with Crippen molar-refractivity contribution in [3.63, 3.8) is 0 Å². The van der Waals surface area contributed by atoms with Crippen molar-refractivity contribution < 1.29 is 18.0 Å². The van der Waals surface area contributed by atoms with Crippen molar-refractivity contribution in [3.8, 4) is 0 Å². The van der Waals surface area contributed by atoms with Crippen LogP contribution in [0.3, 0.4) is 0 Å². The number of carbonyl (C=O) groups excluding carboxylic acids is 1. The number of hydrogen-bond donors (Lipinski definition) is 3. The normalized spacial score (nSPS) is 11.4. The molecule has 0 bridgehead atoms. The standard InChI is InChI=1S/C21H25F3N4O.HI/c1-25-20(27-14-12-17-7-9-18(10-8-17)21(22,23)24)28-15-19(29)26-13-11-16-5-3-2-4-6-16;/h2-10H,11-15H2,1H3,(H,26,29)(H2,25,27,28);1H. The van der Waals surface area contributed by atoms with Crippen LogP contribution in [0.5, 0.6) is 0 Å². The molecule has 9 heteroatoms. The third-order valence-corrected chi connectivity index (χ3v) is 4.21. The number of rotatable bonds is 8. The lowest BCUT2D eigenvalue weighted by Crippen LogP contribution is -2.44. The van der Waals surface area contributed by atoms with Gasteiger partial charge in [0.25, 0.3) is 0 Å². The number of benzene rings is 2. The Hall–Kier alpha value is -2.30. The summed E-state index contributed by atoms with van der Waals surface area (Å²) in [7, 11) is 1.58. The van der Waals surface area contributed by atoms with Gasteiger partial charge < -0.3 is 16.0 Å². The topological polar surface area (TPSA) is 65.5 Å². The molecule has 2 aromatic carbocycles. The van der Waals surface area contributed by atoms with Crippen molar-refractivity contribution in [3.05, 3.63) is 71.3 Å². The van der Waals surface area contributed by atoms with Crippen molar-refractivity contribution in [1.82, 2.24) is 16.0 Å². The Morgan fingerprint density at radius 1 is 0.867 bits per heavy atom. The first-order valence-electron chi connectivity index (χ1n) is 9.30. The summed E-state index contributed by atoms with van der Waals surface area (Å²) in [5.41, 5.74) is 1.27. The van der Waals surface area contributed by atoms with E-state index in [1.807, 2.05) is 30.3 Å². The highest BCUT2D eigenvalue weighted by Crippen LogP contribution is 2.29. The van der Waals surface area contributed by atoms with Gasteiger partial charge in [-0.05, 0) is 36.1 Å². The van der Waals surface area contributed by atoms with E-state index in [9.17, 15) is 18.0 Å². The smallest absolute Gasteiger partial charge is 0.356 e.